The molecular weight excluding hydrogens is 172 g/mol. The van der Waals surface area contributed by atoms with Crippen LogP contribution < -0.4 is 0 Å². The minimum Gasteiger partial charge on any atom is -0.299 e. The molecule has 0 aromatic heterocycles. The molecule has 74 valence electrons. The standard InChI is InChI=1S/C13H16O/c1-10(2)8-13(14)9-12-6-4-11(3)5-7-12/h4-7H,1,8-9H2,2-3H3. The third kappa shape index (κ3) is 3.56. The van der Waals surface area contributed by atoms with E-state index in [0.717, 1.165) is 11.1 Å². The Bertz CT molecular complexity index is 333. The molecule has 1 aromatic rings. The molecule has 0 unspecified atom stereocenters. The Kier molecular flexibility index (Phi) is 3.63. The Labute approximate surface area is 85.5 Å². The number of hydrogen-bond acceptors (Lipinski definition) is 1. The van der Waals surface area contributed by atoms with E-state index in [0.29, 0.717) is 12.8 Å². The fourth-order valence-electron chi connectivity index (χ4n) is 1.33. The first-order chi connectivity index (χ1) is 6.58. The highest BCUT2D eigenvalue weighted by Gasteiger charge is 2.03. The molecule has 0 amide bonds. The number of aryl methyl sites for hydroxylation is 1. The lowest BCUT2D eigenvalue weighted by Crippen LogP contribution is -2.02. The van der Waals surface area contributed by atoms with Crippen LogP contribution in [0.2, 0.25) is 0 Å². The van der Waals surface area contributed by atoms with Gasteiger partial charge in [0.2, 0.25) is 0 Å². The first-order valence-electron chi connectivity index (χ1n) is 4.79. The molecule has 1 heteroatoms. The number of carbonyl (C=O) groups excluding carboxylic acids is 1. The van der Waals surface area contributed by atoms with Crippen LogP contribution in [0.1, 0.15) is 24.5 Å². The number of Topliss-reactive ketones (excluding diaryl/α,β-unsaturated/α-hetero) is 1. The lowest BCUT2D eigenvalue weighted by Gasteiger charge is -2.01. The zero-order chi connectivity index (χ0) is 10.6. The van der Waals surface area contributed by atoms with Crippen LogP contribution in [0, 0.1) is 6.92 Å². The summed E-state index contributed by atoms with van der Waals surface area (Å²) in [6, 6.07) is 8.07. The normalized spacial score (nSPS) is 9.86. The van der Waals surface area contributed by atoms with Gasteiger partial charge in [-0.15, -0.1) is 0 Å². The van der Waals surface area contributed by atoms with E-state index in [1.165, 1.54) is 5.56 Å². The molecule has 0 radical (unpaired) electrons. The topological polar surface area (TPSA) is 17.1 Å². The van der Waals surface area contributed by atoms with Crippen LogP contribution in [0.5, 0.6) is 0 Å². The van der Waals surface area contributed by atoms with Crippen LogP contribution in [0.15, 0.2) is 36.4 Å². The van der Waals surface area contributed by atoms with Gasteiger partial charge in [-0.1, -0.05) is 42.0 Å². The van der Waals surface area contributed by atoms with Crippen molar-refractivity contribution in [3.63, 3.8) is 0 Å². The highest BCUT2D eigenvalue weighted by atomic mass is 16.1. The van der Waals surface area contributed by atoms with E-state index >= 15 is 0 Å². The second kappa shape index (κ2) is 4.75. The Morgan fingerprint density at radius 1 is 1.29 bits per heavy atom. The summed E-state index contributed by atoms with van der Waals surface area (Å²) in [7, 11) is 0. The molecule has 14 heavy (non-hydrogen) atoms. The van der Waals surface area contributed by atoms with Gasteiger partial charge < -0.3 is 0 Å². The van der Waals surface area contributed by atoms with Gasteiger partial charge >= 0.3 is 0 Å². The fraction of sp³-hybridized carbons (Fsp3) is 0.308. The SMILES string of the molecule is C=C(C)CC(=O)Cc1ccc(C)cc1. The van der Waals surface area contributed by atoms with Crippen LogP contribution in [0.4, 0.5) is 0 Å². The van der Waals surface area contributed by atoms with Gasteiger partial charge in [0.25, 0.3) is 0 Å². The number of allylic oxidation sites excluding steroid dienone is 1. The minimum atomic E-state index is 0.237. The predicted octanol–water partition coefficient (Wildman–Crippen LogP) is 3.07. The summed E-state index contributed by atoms with van der Waals surface area (Å²) < 4.78 is 0. The number of hydrogen-bond donors (Lipinski definition) is 0. The molecule has 0 spiro atoms. The zero-order valence-electron chi connectivity index (χ0n) is 8.84. The average molecular weight is 188 g/mol. The van der Waals surface area contributed by atoms with Crippen molar-refractivity contribution in [1.82, 2.24) is 0 Å². The van der Waals surface area contributed by atoms with Gasteiger partial charge in [-0.25, -0.2) is 0 Å². The first kappa shape index (κ1) is 10.7. The number of rotatable bonds is 4. The van der Waals surface area contributed by atoms with Gasteiger partial charge in [0.15, 0.2) is 0 Å². The quantitative estimate of drug-likeness (QED) is 0.664. The summed E-state index contributed by atoms with van der Waals surface area (Å²) in [5.74, 6) is 0.237. The van der Waals surface area contributed by atoms with E-state index < -0.39 is 0 Å². The molecule has 1 aromatic carbocycles. The van der Waals surface area contributed by atoms with Crippen molar-refractivity contribution in [1.29, 1.82) is 0 Å². The van der Waals surface area contributed by atoms with Crippen LogP contribution in [-0.2, 0) is 11.2 Å². The van der Waals surface area contributed by atoms with Crippen molar-refractivity contribution in [3.8, 4) is 0 Å². The fourth-order valence-corrected chi connectivity index (χ4v) is 1.33. The zero-order valence-corrected chi connectivity index (χ0v) is 8.84. The van der Waals surface area contributed by atoms with E-state index in [2.05, 4.69) is 6.58 Å². The van der Waals surface area contributed by atoms with Gasteiger partial charge in [0.1, 0.15) is 5.78 Å². The van der Waals surface area contributed by atoms with Crippen molar-refractivity contribution in [2.75, 3.05) is 0 Å². The summed E-state index contributed by atoms with van der Waals surface area (Å²) >= 11 is 0. The van der Waals surface area contributed by atoms with E-state index in [1.807, 2.05) is 38.1 Å². The lowest BCUT2D eigenvalue weighted by molar-refractivity contribution is -0.117. The molecule has 0 heterocycles. The molecule has 0 aliphatic rings. The average Bonchev–Trinajstić information content (AvgIpc) is 2.07. The molecule has 0 aliphatic carbocycles. The van der Waals surface area contributed by atoms with E-state index in [4.69, 9.17) is 0 Å². The van der Waals surface area contributed by atoms with E-state index in [9.17, 15) is 4.79 Å². The minimum absolute atomic E-state index is 0.237. The number of carbonyl (C=O) groups is 1. The summed E-state index contributed by atoms with van der Waals surface area (Å²) in [5, 5.41) is 0. The third-order valence-electron chi connectivity index (χ3n) is 2.02. The van der Waals surface area contributed by atoms with Crippen molar-refractivity contribution in [2.45, 2.75) is 26.7 Å². The molecular formula is C13H16O. The van der Waals surface area contributed by atoms with Gasteiger partial charge in [0.05, 0.1) is 0 Å². The summed E-state index contributed by atoms with van der Waals surface area (Å²) in [6.45, 7) is 7.65. The van der Waals surface area contributed by atoms with Crippen molar-refractivity contribution < 1.29 is 4.79 Å². The highest BCUT2D eigenvalue weighted by molar-refractivity contribution is 5.82. The second-order valence-electron chi connectivity index (χ2n) is 3.83. The highest BCUT2D eigenvalue weighted by Crippen LogP contribution is 2.07. The molecule has 0 atom stereocenters. The van der Waals surface area contributed by atoms with Crippen LogP contribution in [0.3, 0.4) is 0 Å². The lowest BCUT2D eigenvalue weighted by atomic mass is 10.0. The van der Waals surface area contributed by atoms with E-state index in [-0.39, 0.29) is 5.78 Å². The summed E-state index contributed by atoms with van der Waals surface area (Å²) in [6.07, 6.45) is 1.01. The number of benzene rings is 1. The molecule has 0 saturated carbocycles. The maximum Gasteiger partial charge on any atom is 0.141 e. The first-order valence-corrected chi connectivity index (χ1v) is 4.79. The predicted molar refractivity (Wildman–Crippen MR) is 59.3 cm³/mol. The summed E-state index contributed by atoms with van der Waals surface area (Å²) in [4.78, 5) is 11.4. The maximum absolute atomic E-state index is 11.4. The van der Waals surface area contributed by atoms with Gasteiger partial charge in [-0.3, -0.25) is 4.79 Å². The molecule has 0 saturated heterocycles. The number of ketones is 1. The molecule has 0 aliphatic heterocycles. The maximum atomic E-state index is 11.4. The third-order valence-corrected chi connectivity index (χ3v) is 2.02. The smallest absolute Gasteiger partial charge is 0.141 e. The monoisotopic (exact) mass is 188 g/mol. The molecule has 0 fully saturated rings. The Morgan fingerprint density at radius 3 is 2.36 bits per heavy atom. The van der Waals surface area contributed by atoms with Crippen molar-refractivity contribution >= 4 is 5.78 Å². The Morgan fingerprint density at radius 2 is 1.86 bits per heavy atom. The molecule has 1 nitrogen and oxygen atoms in total. The molecule has 1 rings (SSSR count). The molecule has 0 bridgehead atoms. The van der Waals surface area contributed by atoms with Crippen LogP contribution >= 0.6 is 0 Å². The van der Waals surface area contributed by atoms with Gasteiger partial charge in [-0.05, 0) is 19.4 Å². The Balaban J connectivity index is 2.56. The Hall–Kier alpha value is -1.37. The van der Waals surface area contributed by atoms with Crippen LogP contribution in [0.25, 0.3) is 0 Å². The van der Waals surface area contributed by atoms with Gasteiger partial charge in [0, 0.05) is 12.8 Å². The van der Waals surface area contributed by atoms with E-state index in [1.54, 1.807) is 0 Å². The largest absolute Gasteiger partial charge is 0.299 e. The van der Waals surface area contributed by atoms with Gasteiger partial charge in [-0.2, -0.15) is 0 Å². The van der Waals surface area contributed by atoms with Crippen molar-refractivity contribution in [2.24, 2.45) is 0 Å². The van der Waals surface area contributed by atoms with Crippen molar-refractivity contribution in [3.05, 3.63) is 47.5 Å². The molecule has 0 N–H and O–H groups in total. The second-order valence-corrected chi connectivity index (χ2v) is 3.83. The van der Waals surface area contributed by atoms with Crippen LogP contribution in [-0.4, -0.2) is 5.78 Å². The summed E-state index contributed by atoms with van der Waals surface area (Å²) in [5.41, 5.74) is 3.24.